The Morgan fingerprint density at radius 2 is 1.79 bits per heavy atom. The summed E-state index contributed by atoms with van der Waals surface area (Å²) in [6.45, 7) is -1.51. The molecule has 2 N–H and O–H groups in total. The van der Waals surface area contributed by atoms with Crippen molar-refractivity contribution in [2.45, 2.75) is 18.1 Å². The van der Waals surface area contributed by atoms with Crippen LogP contribution in [0.25, 0.3) is 0 Å². The Bertz CT molecular complexity index is 1270. The molecule has 172 valence electrons. The molecule has 1 amide bonds. The van der Waals surface area contributed by atoms with Gasteiger partial charge in [-0.15, -0.1) is 0 Å². The average Bonchev–Trinajstić information content (AvgIpc) is 3.46. The maximum atomic E-state index is 14.9. The highest BCUT2D eigenvalue weighted by molar-refractivity contribution is 6.11. The Balaban J connectivity index is 1.65. The third-order valence-corrected chi connectivity index (χ3v) is 5.77. The number of aliphatic hydroxyl groups excluding tert-OH is 1. The highest BCUT2D eigenvalue weighted by Crippen LogP contribution is 2.52. The molecule has 1 unspecified atom stereocenters. The summed E-state index contributed by atoms with van der Waals surface area (Å²) in [5.41, 5.74) is -2.21. The molecule has 1 atom stereocenters. The molecule has 0 fully saturated rings. The van der Waals surface area contributed by atoms with Gasteiger partial charge in [-0.3, -0.25) is 4.79 Å². The van der Waals surface area contributed by atoms with Gasteiger partial charge in [0.05, 0.1) is 18.8 Å². The first-order valence-corrected chi connectivity index (χ1v) is 9.67. The minimum absolute atomic E-state index is 0.0340. The van der Waals surface area contributed by atoms with Gasteiger partial charge >= 0.3 is 6.18 Å². The maximum Gasteiger partial charge on any atom is 0.449 e. The molecule has 1 aromatic heterocycles. The topological polar surface area (TPSA) is 92.4 Å². The smallest absolute Gasteiger partial charge is 0.449 e. The van der Waals surface area contributed by atoms with Gasteiger partial charge in [-0.2, -0.15) is 13.2 Å². The summed E-state index contributed by atoms with van der Waals surface area (Å²) >= 11 is 0. The first-order chi connectivity index (χ1) is 15.7. The fourth-order valence-electron chi connectivity index (χ4n) is 4.27. The molecule has 11 heteroatoms. The normalized spacial score (nSPS) is 19.3. The van der Waals surface area contributed by atoms with Gasteiger partial charge in [0.15, 0.2) is 11.5 Å². The van der Waals surface area contributed by atoms with Gasteiger partial charge in [0.2, 0.25) is 18.5 Å². The van der Waals surface area contributed by atoms with E-state index in [-0.39, 0.29) is 40.9 Å². The number of alkyl halides is 3. The monoisotopic (exact) mass is 465 g/mol. The maximum absolute atomic E-state index is 14.9. The van der Waals surface area contributed by atoms with E-state index in [1.54, 1.807) is 0 Å². The van der Waals surface area contributed by atoms with E-state index < -0.39 is 48.0 Å². The summed E-state index contributed by atoms with van der Waals surface area (Å²) in [6.07, 6.45) is -4.73. The number of phenols is 1. The van der Waals surface area contributed by atoms with Crippen LogP contribution >= 0.6 is 0 Å². The lowest BCUT2D eigenvalue weighted by Gasteiger charge is -2.28. The zero-order chi connectivity index (χ0) is 23.5. The van der Waals surface area contributed by atoms with Gasteiger partial charge in [-0.05, 0) is 24.3 Å². The third kappa shape index (κ3) is 3.03. The van der Waals surface area contributed by atoms with Crippen LogP contribution in [0, 0.1) is 5.82 Å². The predicted octanol–water partition coefficient (Wildman–Crippen LogP) is 3.70. The zero-order valence-electron chi connectivity index (χ0n) is 16.6. The van der Waals surface area contributed by atoms with Crippen molar-refractivity contribution in [1.29, 1.82) is 0 Å². The van der Waals surface area contributed by atoms with Crippen molar-refractivity contribution in [2.24, 2.45) is 0 Å². The Labute approximate surface area is 183 Å². The number of fused-ring (bicyclic) bond motifs is 2. The SMILES string of the molecule is O=C1N(Cc2ccc(C(F)(F)F)o2)c2c(F)cccc2C1(CO)c1cc2c(cc1O)OCO2. The molecule has 0 saturated carbocycles. The molecule has 0 spiro atoms. The number of nitrogens with zero attached hydrogens (tertiary/aromatic N) is 1. The number of halogens is 4. The van der Waals surface area contributed by atoms with Gasteiger partial charge in [0.25, 0.3) is 0 Å². The van der Waals surface area contributed by atoms with Gasteiger partial charge in [-0.25, -0.2) is 4.39 Å². The average molecular weight is 465 g/mol. The van der Waals surface area contributed by atoms with Crippen LogP contribution in [0.2, 0.25) is 0 Å². The number of ether oxygens (including phenoxy) is 2. The van der Waals surface area contributed by atoms with Crippen molar-refractivity contribution >= 4 is 11.6 Å². The zero-order valence-corrected chi connectivity index (χ0v) is 16.6. The number of hydrogen-bond acceptors (Lipinski definition) is 6. The van der Waals surface area contributed by atoms with E-state index in [2.05, 4.69) is 0 Å². The number of rotatable bonds is 4. The molecule has 0 bridgehead atoms. The lowest BCUT2D eigenvalue weighted by molar-refractivity contribution is -0.153. The lowest BCUT2D eigenvalue weighted by atomic mass is 9.75. The molecular formula is C22H15F4NO6. The largest absolute Gasteiger partial charge is 0.507 e. The number of furan rings is 1. The summed E-state index contributed by atoms with van der Waals surface area (Å²) < 4.78 is 69.1. The van der Waals surface area contributed by atoms with Gasteiger partial charge < -0.3 is 29.0 Å². The molecule has 0 aliphatic carbocycles. The van der Waals surface area contributed by atoms with Gasteiger partial charge in [-0.1, -0.05) is 12.1 Å². The third-order valence-electron chi connectivity index (χ3n) is 5.77. The van der Waals surface area contributed by atoms with Crippen LogP contribution < -0.4 is 14.4 Å². The molecule has 33 heavy (non-hydrogen) atoms. The first-order valence-electron chi connectivity index (χ1n) is 9.67. The van der Waals surface area contributed by atoms with E-state index in [1.807, 2.05) is 0 Å². The van der Waals surface area contributed by atoms with E-state index in [0.717, 1.165) is 17.0 Å². The highest BCUT2D eigenvalue weighted by Gasteiger charge is 2.55. The standard InChI is InChI=1S/C22H15F4NO6/c23-14-3-1-2-12-19(14)27(8-11-4-5-18(33-11)22(24,25)26)20(30)21(12,9-28)13-6-16-17(7-15(13)29)32-10-31-16/h1-7,28-29H,8-10H2. The van der Waals surface area contributed by atoms with E-state index in [4.69, 9.17) is 13.9 Å². The number of amides is 1. The van der Waals surface area contributed by atoms with E-state index in [1.165, 1.54) is 24.3 Å². The van der Waals surface area contributed by atoms with Crippen molar-refractivity contribution in [2.75, 3.05) is 18.3 Å². The molecular weight excluding hydrogens is 450 g/mol. The Kier molecular flexibility index (Phi) is 4.57. The van der Waals surface area contributed by atoms with E-state index in [9.17, 15) is 32.6 Å². The number of benzene rings is 2. The summed E-state index contributed by atoms with van der Waals surface area (Å²) in [7, 11) is 0. The van der Waals surface area contributed by atoms with Crippen LogP contribution in [0.15, 0.2) is 46.9 Å². The number of carbonyl (C=O) groups excluding carboxylic acids is 1. The fourth-order valence-corrected chi connectivity index (χ4v) is 4.27. The van der Waals surface area contributed by atoms with Crippen LogP contribution in [0.3, 0.4) is 0 Å². The second-order valence-electron chi connectivity index (χ2n) is 7.58. The minimum Gasteiger partial charge on any atom is -0.507 e. The molecule has 5 rings (SSSR count). The second kappa shape index (κ2) is 7.14. The molecule has 3 heterocycles. The van der Waals surface area contributed by atoms with Crippen LogP contribution in [0.1, 0.15) is 22.6 Å². The van der Waals surface area contributed by atoms with Gasteiger partial charge in [0, 0.05) is 17.2 Å². The highest BCUT2D eigenvalue weighted by atomic mass is 19.4. The van der Waals surface area contributed by atoms with Gasteiger partial charge in [0.1, 0.15) is 22.7 Å². The Hall–Kier alpha value is -3.73. The van der Waals surface area contributed by atoms with Crippen molar-refractivity contribution in [3.63, 3.8) is 0 Å². The molecule has 0 saturated heterocycles. The minimum atomic E-state index is -4.73. The fraction of sp³-hybridized carbons (Fsp3) is 0.227. The summed E-state index contributed by atoms with van der Waals surface area (Å²) in [5, 5.41) is 21.1. The van der Waals surface area contributed by atoms with Crippen LogP contribution in [-0.4, -0.2) is 29.5 Å². The molecule has 2 aromatic carbocycles. The quantitative estimate of drug-likeness (QED) is 0.571. The number of para-hydroxylation sites is 1. The number of phenolic OH excluding ortho intramolecular Hbond substituents is 1. The number of aliphatic hydroxyl groups is 1. The number of hydrogen-bond donors (Lipinski definition) is 2. The number of anilines is 1. The molecule has 2 aliphatic heterocycles. The van der Waals surface area contributed by atoms with Crippen molar-refractivity contribution < 1.29 is 46.5 Å². The van der Waals surface area contributed by atoms with Crippen molar-refractivity contribution in [1.82, 2.24) is 0 Å². The van der Waals surface area contributed by atoms with Crippen LogP contribution in [-0.2, 0) is 22.9 Å². The Morgan fingerprint density at radius 3 is 2.45 bits per heavy atom. The Morgan fingerprint density at radius 1 is 1.06 bits per heavy atom. The molecule has 0 radical (unpaired) electrons. The van der Waals surface area contributed by atoms with E-state index in [0.29, 0.717) is 6.07 Å². The summed E-state index contributed by atoms with van der Waals surface area (Å²) in [5.74, 6) is -3.17. The number of carbonyl (C=O) groups is 1. The summed E-state index contributed by atoms with van der Waals surface area (Å²) in [6, 6.07) is 8.09. The van der Waals surface area contributed by atoms with E-state index >= 15 is 0 Å². The lowest BCUT2D eigenvalue weighted by Crippen LogP contribution is -2.43. The molecule has 3 aromatic rings. The van der Waals surface area contributed by atoms with Crippen molar-refractivity contribution in [3.8, 4) is 17.2 Å². The van der Waals surface area contributed by atoms with Crippen LogP contribution in [0.4, 0.5) is 23.2 Å². The molecule has 2 aliphatic rings. The number of aromatic hydroxyl groups is 1. The predicted molar refractivity (Wildman–Crippen MR) is 103 cm³/mol. The first kappa shape index (κ1) is 21.1. The molecule has 7 nitrogen and oxygen atoms in total. The van der Waals surface area contributed by atoms with Crippen LogP contribution in [0.5, 0.6) is 17.2 Å². The second-order valence-corrected chi connectivity index (χ2v) is 7.58. The summed E-state index contributed by atoms with van der Waals surface area (Å²) in [4.78, 5) is 14.6. The van der Waals surface area contributed by atoms with Crippen molar-refractivity contribution in [3.05, 3.63) is 70.9 Å².